The number of ether oxygens (including phenoxy) is 1. The topological polar surface area (TPSA) is 52.9 Å². The number of aliphatic hydroxyl groups excluding tert-OH is 2. The van der Waals surface area contributed by atoms with Gasteiger partial charge < -0.3 is 14.9 Å². The second kappa shape index (κ2) is 5.96. The van der Waals surface area contributed by atoms with E-state index in [1.807, 2.05) is 0 Å². The van der Waals surface area contributed by atoms with Crippen LogP contribution in [0.5, 0.6) is 0 Å². The molecule has 2 rings (SSSR count). The first-order valence-corrected chi connectivity index (χ1v) is 6.43. The Bertz CT molecular complexity index is 212. The van der Waals surface area contributed by atoms with Crippen LogP contribution in [0.15, 0.2) is 0 Å². The predicted molar refractivity (Wildman–Crippen MR) is 61.2 cm³/mol. The van der Waals surface area contributed by atoms with Crippen molar-refractivity contribution in [2.45, 2.75) is 37.8 Å². The van der Waals surface area contributed by atoms with Crippen molar-refractivity contribution < 1.29 is 14.9 Å². The van der Waals surface area contributed by atoms with E-state index >= 15 is 0 Å². The van der Waals surface area contributed by atoms with Crippen molar-refractivity contribution in [3.63, 3.8) is 0 Å². The zero-order chi connectivity index (χ0) is 11.4. The minimum atomic E-state index is -0.150. The van der Waals surface area contributed by atoms with Gasteiger partial charge in [-0.15, -0.1) is 0 Å². The summed E-state index contributed by atoms with van der Waals surface area (Å²) >= 11 is 0. The number of nitrogens with zero attached hydrogens (tertiary/aromatic N) is 1. The third kappa shape index (κ3) is 2.74. The fraction of sp³-hybridized carbons (Fsp3) is 1.00. The van der Waals surface area contributed by atoms with Crippen molar-refractivity contribution >= 4 is 0 Å². The summed E-state index contributed by atoms with van der Waals surface area (Å²) in [5, 5.41) is 18.8. The average molecular weight is 229 g/mol. The molecule has 2 N–H and O–H groups in total. The highest BCUT2D eigenvalue weighted by molar-refractivity contribution is 4.89. The van der Waals surface area contributed by atoms with Crippen LogP contribution in [0.1, 0.15) is 25.7 Å². The van der Waals surface area contributed by atoms with E-state index in [1.54, 1.807) is 0 Å². The third-order valence-corrected chi connectivity index (χ3v) is 3.91. The lowest BCUT2D eigenvalue weighted by atomic mass is 9.94. The Morgan fingerprint density at radius 3 is 2.88 bits per heavy atom. The van der Waals surface area contributed by atoms with E-state index in [1.165, 1.54) is 0 Å². The van der Waals surface area contributed by atoms with E-state index in [2.05, 4.69) is 4.90 Å². The molecule has 0 spiro atoms. The molecule has 0 aromatic rings. The first-order chi connectivity index (χ1) is 7.83. The second-order valence-electron chi connectivity index (χ2n) is 4.92. The quantitative estimate of drug-likeness (QED) is 0.724. The van der Waals surface area contributed by atoms with E-state index in [0.717, 1.165) is 52.0 Å². The smallest absolute Gasteiger partial charge is 0.0626 e. The van der Waals surface area contributed by atoms with E-state index < -0.39 is 0 Å². The molecule has 1 aliphatic heterocycles. The number of aliphatic hydroxyl groups is 2. The summed E-state index contributed by atoms with van der Waals surface area (Å²) < 4.78 is 5.54. The summed E-state index contributed by atoms with van der Waals surface area (Å²) in [6.45, 7) is 3.64. The maximum Gasteiger partial charge on any atom is 0.0626 e. The van der Waals surface area contributed by atoms with Crippen LogP contribution >= 0.6 is 0 Å². The van der Waals surface area contributed by atoms with Gasteiger partial charge in [-0.1, -0.05) is 6.42 Å². The first kappa shape index (κ1) is 12.3. The van der Waals surface area contributed by atoms with Gasteiger partial charge in [-0.25, -0.2) is 0 Å². The Morgan fingerprint density at radius 1 is 1.31 bits per heavy atom. The molecule has 0 bridgehead atoms. The lowest BCUT2D eigenvalue weighted by Gasteiger charge is -2.40. The summed E-state index contributed by atoms with van der Waals surface area (Å²) in [7, 11) is 0. The van der Waals surface area contributed by atoms with Crippen LogP contribution in [-0.2, 0) is 4.74 Å². The van der Waals surface area contributed by atoms with E-state index in [0.29, 0.717) is 12.0 Å². The summed E-state index contributed by atoms with van der Waals surface area (Å²) in [5.41, 5.74) is 0. The normalized spacial score (nSPS) is 36.8. The van der Waals surface area contributed by atoms with Crippen LogP contribution in [-0.4, -0.2) is 60.2 Å². The molecule has 3 atom stereocenters. The van der Waals surface area contributed by atoms with Crippen LogP contribution in [0.3, 0.4) is 0 Å². The van der Waals surface area contributed by atoms with Gasteiger partial charge in [-0.05, 0) is 19.3 Å². The van der Waals surface area contributed by atoms with E-state index in [9.17, 15) is 5.11 Å². The van der Waals surface area contributed by atoms with Crippen LogP contribution in [0, 0.1) is 5.92 Å². The second-order valence-corrected chi connectivity index (χ2v) is 4.92. The van der Waals surface area contributed by atoms with Gasteiger partial charge in [-0.2, -0.15) is 0 Å². The van der Waals surface area contributed by atoms with Gasteiger partial charge in [0, 0.05) is 31.7 Å². The van der Waals surface area contributed by atoms with Gasteiger partial charge in [0.05, 0.1) is 19.3 Å². The Labute approximate surface area is 97.2 Å². The van der Waals surface area contributed by atoms with E-state index in [-0.39, 0.29) is 12.7 Å². The highest BCUT2D eigenvalue weighted by atomic mass is 16.5. The van der Waals surface area contributed by atoms with Gasteiger partial charge >= 0.3 is 0 Å². The van der Waals surface area contributed by atoms with Crippen LogP contribution in [0.25, 0.3) is 0 Å². The van der Waals surface area contributed by atoms with Crippen LogP contribution < -0.4 is 0 Å². The Hall–Kier alpha value is -0.160. The Kier molecular flexibility index (Phi) is 4.58. The van der Waals surface area contributed by atoms with Crippen molar-refractivity contribution in [1.82, 2.24) is 4.90 Å². The molecule has 0 aromatic heterocycles. The summed E-state index contributed by atoms with van der Waals surface area (Å²) in [6, 6.07) is 0.359. The molecule has 4 nitrogen and oxygen atoms in total. The zero-order valence-corrected chi connectivity index (χ0v) is 9.85. The van der Waals surface area contributed by atoms with Gasteiger partial charge in [-0.3, -0.25) is 4.90 Å². The first-order valence-electron chi connectivity index (χ1n) is 6.43. The maximum absolute atomic E-state index is 9.95. The average Bonchev–Trinajstić information content (AvgIpc) is 2.73. The molecule has 1 aliphatic carbocycles. The van der Waals surface area contributed by atoms with Crippen molar-refractivity contribution in [2.75, 3.05) is 32.9 Å². The van der Waals surface area contributed by atoms with Gasteiger partial charge in [0.2, 0.25) is 0 Å². The number of hydrogen-bond acceptors (Lipinski definition) is 4. The van der Waals surface area contributed by atoms with Gasteiger partial charge in [0.15, 0.2) is 0 Å². The summed E-state index contributed by atoms with van der Waals surface area (Å²) in [6.07, 6.45) is 3.86. The number of hydrogen-bond donors (Lipinski definition) is 2. The molecule has 2 aliphatic rings. The van der Waals surface area contributed by atoms with Gasteiger partial charge in [0.1, 0.15) is 0 Å². The third-order valence-electron chi connectivity index (χ3n) is 3.91. The highest BCUT2D eigenvalue weighted by Crippen LogP contribution is 2.32. The minimum Gasteiger partial charge on any atom is -0.396 e. The van der Waals surface area contributed by atoms with Crippen LogP contribution in [0.4, 0.5) is 0 Å². The molecule has 0 aromatic carbocycles. The Morgan fingerprint density at radius 2 is 2.19 bits per heavy atom. The lowest BCUT2D eigenvalue weighted by molar-refractivity contribution is -0.0512. The molecule has 1 saturated heterocycles. The Balaban J connectivity index is 1.92. The highest BCUT2D eigenvalue weighted by Gasteiger charge is 2.37. The molecule has 16 heavy (non-hydrogen) atoms. The maximum atomic E-state index is 9.95. The van der Waals surface area contributed by atoms with Gasteiger partial charge in [0.25, 0.3) is 0 Å². The fourth-order valence-corrected chi connectivity index (χ4v) is 3.02. The molecule has 94 valence electrons. The molecule has 2 fully saturated rings. The number of morpholine rings is 1. The van der Waals surface area contributed by atoms with Crippen molar-refractivity contribution in [3.05, 3.63) is 0 Å². The van der Waals surface area contributed by atoms with Crippen molar-refractivity contribution in [3.8, 4) is 0 Å². The molecule has 0 amide bonds. The lowest BCUT2D eigenvalue weighted by Crippen LogP contribution is -2.51. The van der Waals surface area contributed by atoms with Crippen molar-refractivity contribution in [2.24, 2.45) is 5.92 Å². The molecular weight excluding hydrogens is 206 g/mol. The van der Waals surface area contributed by atoms with E-state index in [4.69, 9.17) is 9.84 Å². The fourth-order valence-electron chi connectivity index (χ4n) is 3.02. The minimum absolute atomic E-state index is 0.150. The molecular formula is C12H23NO3. The molecule has 4 heteroatoms. The SMILES string of the molecule is OCCCN1CCOCC1C1CCCC1O. The largest absolute Gasteiger partial charge is 0.396 e. The number of rotatable bonds is 4. The molecule has 1 saturated carbocycles. The predicted octanol–water partition coefficient (Wildman–Crippen LogP) is 0.231. The monoisotopic (exact) mass is 229 g/mol. The summed E-state index contributed by atoms with van der Waals surface area (Å²) in [5.74, 6) is 0.374. The zero-order valence-electron chi connectivity index (χ0n) is 9.85. The van der Waals surface area contributed by atoms with Crippen LogP contribution in [0.2, 0.25) is 0 Å². The standard InChI is InChI=1S/C12H23NO3/c14-7-2-5-13-6-8-16-9-11(13)10-3-1-4-12(10)15/h10-12,14-15H,1-9H2. The molecule has 0 radical (unpaired) electrons. The summed E-state index contributed by atoms with van der Waals surface area (Å²) in [4.78, 5) is 2.39. The van der Waals surface area contributed by atoms with Crippen molar-refractivity contribution in [1.29, 1.82) is 0 Å². The molecule has 3 unspecified atom stereocenters. The molecule has 1 heterocycles.